The molecule has 3 heterocycles. The number of hydrogen-bond acceptors (Lipinski definition) is 6. The van der Waals surface area contributed by atoms with Crippen LogP contribution in [0.1, 0.15) is 13.8 Å². The first-order valence-corrected chi connectivity index (χ1v) is 9.41. The van der Waals surface area contributed by atoms with E-state index in [1.165, 1.54) is 23.1 Å². The Hall–Kier alpha value is -1.62. The van der Waals surface area contributed by atoms with E-state index in [1.807, 2.05) is 36.7 Å². The summed E-state index contributed by atoms with van der Waals surface area (Å²) in [6, 6.07) is 6.17. The number of hydrogen-bond donors (Lipinski definition) is 0. The molecule has 0 spiro atoms. The third-order valence-electron chi connectivity index (χ3n) is 3.23. The molecule has 3 aromatic heterocycles. The predicted molar refractivity (Wildman–Crippen MR) is 93.8 cm³/mol. The number of thiophene rings is 2. The highest BCUT2D eigenvalue weighted by Gasteiger charge is 2.18. The van der Waals surface area contributed by atoms with Crippen LogP contribution in [0.15, 0.2) is 32.8 Å². The molecule has 0 radical (unpaired) electrons. The maximum Gasteiger partial charge on any atom is 0.263 e. The van der Waals surface area contributed by atoms with Crippen LogP contribution in [-0.2, 0) is 6.54 Å². The van der Waals surface area contributed by atoms with Gasteiger partial charge in [-0.15, -0.1) is 22.7 Å². The number of nitriles is 1. The number of aromatic nitrogens is 2. The van der Waals surface area contributed by atoms with Gasteiger partial charge in [-0.05, 0) is 25.3 Å². The molecule has 0 aliphatic heterocycles. The topological polar surface area (TPSA) is 58.7 Å². The molecule has 0 amide bonds. The van der Waals surface area contributed by atoms with Gasteiger partial charge in [0.05, 0.1) is 16.7 Å². The van der Waals surface area contributed by atoms with Crippen LogP contribution in [-0.4, -0.2) is 14.8 Å². The lowest BCUT2D eigenvalue weighted by Gasteiger charge is -2.10. The molecule has 0 aliphatic rings. The lowest BCUT2D eigenvalue weighted by Crippen LogP contribution is -2.22. The Labute approximate surface area is 140 Å². The number of rotatable bonds is 4. The van der Waals surface area contributed by atoms with E-state index >= 15 is 0 Å². The SMILES string of the molecule is CCn1c(S[C@@H](C)C#N)nc2scc(-c3cccs3)c2c1=O. The molecule has 22 heavy (non-hydrogen) atoms. The third kappa shape index (κ3) is 2.58. The number of nitrogens with zero attached hydrogens (tertiary/aromatic N) is 3. The van der Waals surface area contributed by atoms with Crippen molar-refractivity contribution < 1.29 is 0 Å². The Kier molecular flexibility index (Phi) is 4.34. The quantitative estimate of drug-likeness (QED) is 0.524. The fraction of sp³-hybridized carbons (Fsp3) is 0.267. The van der Waals surface area contributed by atoms with Gasteiger partial charge in [0.15, 0.2) is 5.16 Å². The highest BCUT2D eigenvalue weighted by Crippen LogP contribution is 2.34. The molecule has 0 aromatic carbocycles. The number of thioether (sulfide) groups is 1. The molecule has 112 valence electrons. The average Bonchev–Trinajstić information content (AvgIpc) is 3.16. The minimum atomic E-state index is -0.237. The van der Waals surface area contributed by atoms with Crippen molar-refractivity contribution in [2.24, 2.45) is 0 Å². The molecule has 3 rings (SSSR count). The van der Waals surface area contributed by atoms with Gasteiger partial charge in [-0.1, -0.05) is 17.8 Å². The fourth-order valence-electron chi connectivity index (χ4n) is 2.17. The van der Waals surface area contributed by atoms with Crippen LogP contribution in [0.25, 0.3) is 20.7 Å². The first kappa shape index (κ1) is 15.3. The van der Waals surface area contributed by atoms with Gasteiger partial charge in [0.1, 0.15) is 4.83 Å². The maximum absolute atomic E-state index is 12.9. The summed E-state index contributed by atoms with van der Waals surface area (Å²) in [5.41, 5.74) is 0.935. The Morgan fingerprint density at radius 1 is 1.50 bits per heavy atom. The first-order valence-electron chi connectivity index (χ1n) is 6.78. The second-order valence-electron chi connectivity index (χ2n) is 4.64. The zero-order valence-corrected chi connectivity index (χ0v) is 14.5. The molecule has 0 aliphatic carbocycles. The molecule has 4 nitrogen and oxygen atoms in total. The summed E-state index contributed by atoms with van der Waals surface area (Å²) in [6.07, 6.45) is 0. The van der Waals surface area contributed by atoms with Gasteiger partial charge >= 0.3 is 0 Å². The summed E-state index contributed by atoms with van der Waals surface area (Å²) in [6.45, 7) is 4.28. The third-order valence-corrected chi connectivity index (χ3v) is 5.98. The molecule has 0 saturated heterocycles. The zero-order chi connectivity index (χ0) is 15.7. The van der Waals surface area contributed by atoms with Crippen LogP contribution in [0.2, 0.25) is 0 Å². The van der Waals surface area contributed by atoms with Gasteiger partial charge < -0.3 is 0 Å². The Bertz CT molecular complexity index is 903. The normalized spacial score (nSPS) is 12.4. The van der Waals surface area contributed by atoms with Gasteiger partial charge in [0, 0.05) is 22.4 Å². The van der Waals surface area contributed by atoms with Crippen LogP contribution in [0.3, 0.4) is 0 Å². The van der Waals surface area contributed by atoms with Crippen molar-refractivity contribution in [2.75, 3.05) is 0 Å². The molecular formula is C15H13N3OS3. The van der Waals surface area contributed by atoms with Gasteiger partial charge in [0.25, 0.3) is 5.56 Å². The minimum Gasteiger partial charge on any atom is -0.287 e. The highest BCUT2D eigenvalue weighted by molar-refractivity contribution is 8.00. The van der Waals surface area contributed by atoms with Gasteiger partial charge in [-0.25, -0.2) is 4.98 Å². The van der Waals surface area contributed by atoms with Crippen molar-refractivity contribution in [1.29, 1.82) is 5.26 Å². The summed E-state index contributed by atoms with van der Waals surface area (Å²) < 4.78 is 1.66. The van der Waals surface area contributed by atoms with Crippen LogP contribution in [0.5, 0.6) is 0 Å². The smallest absolute Gasteiger partial charge is 0.263 e. The van der Waals surface area contributed by atoms with Crippen LogP contribution >= 0.6 is 34.4 Å². The van der Waals surface area contributed by atoms with E-state index in [4.69, 9.17) is 5.26 Å². The molecule has 3 aromatic rings. The number of fused-ring (bicyclic) bond motifs is 1. The predicted octanol–water partition coefficient (Wildman–Crippen LogP) is 4.21. The van der Waals surface area contributed by atoms with Crippen molar-refractivity contribution >= 4 is 44.7 Å². The summed E-state index contributed by atoms with van der Waals surface area (Å²) >= 11 is 4.43. The average molecular weight is 347 g/mol. The van der Waals surface area contributed by atoms with E-state index in [0.717, 1.165) is 15.3 Å². The fourth-order valence-corrected chi connectivity index (χ4v) is 4.83. The Morgan fingerprint density at radius 3 is 2.95 bits per heavy atom. The van der Waals surface area contributed by atoms with E-state index in [9.17, 15) is 4.79 Å². The van der Waals surface area contributed by atoms with Crippen LogP contribution in [0, 0.1) is 11.3 Å². The maximum atomic E-state index is 12.9. The van der Waals surface area contributed by atoms with E-state index in [0.29, 0.717) is 17.1 Å². The van der Waals surface area contributed by atoms with E-state index in [-0.39, 0.29) is 10.8 Å². The van der Waals surface area contributed by atoms with Crippen molar-refractivity contribution in [1.82, 2.24) is 9.55 Å². The van der Waals surface area contributed by atoms with Crippen LogP contribution < -0.4 is 5.56 Å². The second-order valence-corrected chi connectivity index (χ2v) is 7.75. The lowest BCUT2D eigenvalue weighted by molar-refractivity contribution is 0.635. The minimum absolute atomic E-state index is 0.0233. The van der Waals surface area contributed by atoms with E-state index < -0.39 is 0 Å². The van der Waals surface area contributed by atoms with Gasteiger partial charge in [-0.3, -0.25) is 9.36 Å². The largest absolute Gasteiger partial charge is 0.287 e. The monoisotopic (exact) mass is 347 g/mol. The molecule has 0 bridgehead atoms. The highest BCUT2D eigenvalue weighted by atomic mass is 32.2. The molecule has 1 atom stereocenters. The Balaban J connectivity index is 2.23. The Morgan fingerprint density at radius 2 is 2.32 bits per heavy atom. The lowest BCUT2D eigenvalue weighted by atomic mass is 10.2. The van der Waals surface area contributed by atoms with Crippen LogP contribution in [0.4, 0.5) is 0 Å². The molecule has 0 fully saturated rings. The molecular weight excluding hydrogens is 334 g/mol. The summed E-state index contributed by atoms with van der Waals surface area (Å²) in [5.74, 6) is 0. The van der Waals surface area contributed by atoms with Crippen molar-refractivity contribution in [3.05, 3.63) is 33.2 Å². The molecule has 7 heteroatoms. The molecule has 0 N–H and O–H groups in total. The van der Waals surface area contributed by atoms with Crippen molar-refractivity contribution in [2.45, 2.75) is 30.8 Å². The molecule has 0 unspecified atom stereocenters. The van der Waals surface area contributed by atoms with Crippen molar-refractivity contribution in [3.63, 3.8) is 0 Å². The second kappa shape index (κ2) is 6.24. The van der Waals surface area contributed by atoms with E-state index in [2.05, 4.69) is 11.1 Å². The van der Waals surface area contributed by atoms with Crippen molar-refractivity contribution in [3.8, 4) is 16.5 Å². The first-order chi connectivity index (χ1) is 10.7. The molecule has 0 saturated carbocycles. The summed E-state index contributed by atoms with van der Waals surface area (Å²) in [4.78, 5) is 19.3. The zero-order valence-electron chi connectivity index (χ0n) is 12.1. The van der Waals surface area contributed by atoms with E-state index in [1.54, 1.807) is 15.9 Å². The summed E-state index contributed by atoms with van der Waals surface area (Å²) in [7, 11) is 0. The standard InChI is InChI=1S/C15H13N3OS3/c1-3-18-14(19)12-10(11-5-4-6-20-11)8-21-13(12)17-15(18)22-9(2)7-16/h4-6,8-9H,3H2,1-2H3/t9-/m0/s1. The summed E-state index contributed by atoms with van der Waals surface area (Å²) in [5, 5.41) is 14.1. The van der Waals surface area contributed by atoms with Gasteiger partial charge in [-0.2, -0.15) is 5.26 Å². The van der Waals surface area contributed by atoms with Gasteiger partial charge in [0.2, 0.25) is 0 Å².